The molecule has 4 N–H and O–H groups in total. The lowest BCUT2D eigenvalue weighted by molar-refractivity contribution is 0.0686. The Labute approximate surface area is 75.5 Å². The van der Waals surface area contributed by atoms with Crippen LogP contribution in [0, 0.1) is 11.6 Å². The molecule has 14 heavy (non-hydrogen) atoms. The van der Waals surface area contributed by atoms with Crippen molar-refractivity contribution in [1.82, 2.24) is 0 Å². The van der Waals surface area contributed by atoms with Gasteiger partial charge in [0.2, 0.25) is 17.3 Å². The van der Waals surface area contributed by atoms with Crippen molar-refractivity contribution >= 4 is 5.97 Å². The zero-order valence-corrected chi connectivity index (χ0v) is 6.45. The van der Waals surface area contributed by atoms with Gasteiger partial charge in [0.25, 0.3) is 0 Å². The second kappa shape index (κ2) is 3.02. The molecule has 1 rings (SSSR count). The molecule has 0 heterocycles. The number of rotatable bonds is 1. The molecule has 1 aromatic carbocycles. The van der Waals surface area contributed by atoms with Gasteiger partial charge in [0.15, 0.2) is 11.6 Å². The number of aromatic carboxylic acids is 1. The molecule has 0 aliphatic heterocycles. The summed E-state index contributed by atoms with van der Waals surface area (Å²) >= 11 is 0. The Bertz CT molecular complexity index is 386. The molecule has 0 spiro atoms. The average molecular weight is 206 g/mol. The molecule has 0 radical (unpaired) electrons. The maximum Gasteiger partial charge on any atom is 0.342 e. The summed E-state index contributed by atoms with van der Waals surface area (Å²) in [7, 11) is 0. The second-order valence-corrected chi connectivity index (χ2v) is 2.35. The summed E-state index contributed by atoms with van der Waals surface area (Å²) < 4.78 is 25.4. The smallest absolute Gasteiger partial charge is 0.342 e. The molecule has 0 aliphatic carbocycles. The maximum absolute atomic E-state index is 12.8. The van der Waals surface area contributed by atoms with Gasteiger partial charge in [-0.25, -0.2) is 9.18 Å². The highest BCUT2D eigenvalue weighted by atomic mass is 19.2. The van der Waals surface area contributed by atoms with Gasteiger partial charge in [-0.3, -0.25) is 0 Å². The molecular weight excluding hydrogens is 202 g/mol. The molecular formula is C7H4F2O5. The largest absolute Gasteiger partial charge is 0.503 e. The Morgan fingerprint density at radius 3 is 1.86 bits per heavy atom. The Kier molecular flexibility index (Phi) is 2.16. The molecule has 5 nitrogen and oxygen atoms in total. The molecule has 0 aromatic heterocycles. The van der Waals surface area contributed by atoms with Crippen LogP contribution in [0.25, 0.3) is 0 Å². The van der Waals surface area contributed by atoms with E-state index in [9.17, 15) is 13.6 Å². The zero-order valence-electron chi connectivity index (χ0n) is 6.45. The number of aromatic hydroxyl groups is 3. The second-order valence-electron chi connectivity index (χ2n) is 2.35. The van der Waals surface area contributed by atoms with Crippen LogP contribution in [-0.2, 0) is 0 Å². The number of hydrogen-bond donors (Lipinski definition) is 4. The molecule has 0 fully saturated rings. The Morgan fingerprint density at radius 2 is 1.43 bits per heavy atom. The number of carboxylic acids is 1. The number of phenols is 3. The Hall–Kier alpha value is -2.05. The van der Waals surface area contributed by atoms with E-state index in [0.717, 1.165) is 0 Å². The molecule has 7 heteroatoms. The monoisotopic (exact) mass is 206 g/mol. The normalized spacial score (nSPS) is 10.1. The minimum absolute atomic E-state index is 1.42. The first-order valence-electron chi connectivity index (χ1n) is 3.23. The molecule has 0 amide bonds. The van der Waals surface area contributed by atoms with Crippen molar-refractivity contribution in [3.8, 4) is 17.2 Å². The summed E-state index contributed by atoms with van der Waals surface area (Å²) in [5, 5.41) is 34.6. The van der Waals surface area contributed by atoms with E-state index in [1.807, 2.05) is 0 Å². The summed E-state index contributed by atoms with van der Waals surface area (Å²) in [5.41, 5.74) is -1.43. The fraction of sp³-hybridized carbons (Fsp3) is 0. The van der Waals surface area contributed by atoms with Crippen molar-refractivity contribution in [3.05, 3.63) is 17.2 Å². The van der Waals surface area contributed by atoms with Crippen LogP contribution in [-0.4, -0.2) is 26.4 Å². The first kappa shape index (κ1) is 10.0. The van der Waals surface area contributed by atoms with Crippen LogP contribution in [0.2, 0.25) is 0 Å². The molecule has 1 aromatic rings. The molecule has 0 unspecified atom stereocenters. The summed E-state index contributed by atoms with van der Waals surface area (Å²) in [6.45, 7) is 0. The van der Waals surface area contributed by atoms with Crippen LogP contribution in [0.5, 0.6) is 17.2 Å². The summed E-state index contributed by atoms with van der Waals surface area (Å²) in [6, 6.07) is 0. The van der Waals surface area contributed by atoms with Crippen molar-refractivity contribution < 1.29 is 34.0 Å². The van der Waals surface area contributed by atoms with Crippen LogP contribution < -0.4 is 0 Å². The quantitative estimate of drug-likeness (QED) is 0.509. The summed E-state index contributed by atoms with van der Waals surface area (Å²) in [4.78, 5) is 10.3. The third-order valence-corrected chi connectivity index (χ3v) is 1.52. The van der Waals surface area contributed by atoms with E-state index in [1.165, 1.54) is 0 Å². The van der Waals surface area contributed by atoms with Gasteiger partial charge in [-0.05, 0) is 0 Å². The number of benzene rings is 1. The van der Waals surface area contributed by atoms with Crippen molar-refractivity contribution in [2.75, 3.05) is 0 Å². The van der Waals surface area contributed by atoms with E-state index in [-0.39, 0.29) is 0 Å². The maximum atomic E-state index is 12.8. The molecule has 0 saturated carbocycles. The first-order chi connectivity index (χ1) is 6.37. The van der Waals surface area contributed by atoms with Gasteiger partial charge in [-0.15, -0.1) is 0 Å². The van der Waals surface area contributed by atoms with E-state index < -0.39 is 40.4 Å². The number of carbonyl (C=O) groups is 1. The molecule has 0 saturated heterocycles. The zero-order chi connectivity index (χ0) is 11.0. The lowest BCUT2D eigenvalue weighted by Gasteiger charge is -2.06. The lowest BCUT2D eigenvalue weighted by Crippen LogP contribution is -2.03. The Morgan fingerprint density at radius 1 is 0.929 bits per heavy atom. The molecule has 0 aliphatic rings. The molecule has 0 bridgehead atoms. The lowest BCUT2D eigenvalue weighted by atomic mass is 10.1. The molecule has 0 atom stereocenters. The highest BCUT2D eigenvalue weighted by Gasteiger charge is 2.27. The third-order valence-electron chi connectivity index (χ3n) is 1.52. The van der Waals surface area contributed by atoms with Crippen LogP contribution in [0.15, 0.2) is 0 Å². The number of hydrogen-bond acceptors (Lipinski definition) is 4. The van der Waals surface area contributed by atoms with Crippen molar-refractivity contribution in [2.45, 2.75) is 0 Å². The number of phenolic OH excluding ortho intramolecular Hbond substituents is 2. The van der Waals surface area contributed by atoms with Gasteiger partial charge in [-0.2, -0.15) is 4.39 Å². The van der Waals surface area contributed by atoms with Gasteiger partial charge in [0.1, 0.15) is 5.56 Å². The SMILES string of the molecule is O=C(O)c1c(O)c(O)c(O)c(F)c1F. The summed E-state index contributed by atoms with van der Waals surface area (Å²) in [6.07, 6.45) is 0. The Balaban J connectivity index is 3.68. The average Bonchev–Trinajstić information content (AvgIpc) is 2.11. The van der Waals surface area contributed by atoms with E-state index >= 15 is 0 Å². The minimum Gasteiger partial charge on any atom is -0.503 e. The topological polar surface area (TPSA) is 98.0 Å². The summed E-state index contributed by atoms with van der Waals surface area (Å²) in [5.74, 6) is -10.2. The fourth-order valence-electron chi connectivity index (χ4n) is 0.847. The first-order valence-corrected chi connectivity index (χ1v) is 3.23. The van der Waals surface area contributed by atoms with Crippen molar-refractivity contribution in [2.24, 2.45) is 0 Å². The van der Waals surface area contributed by atoms with Crippen LogP contribution >= 0.6 is 0 Å². The van der Waals surface area contributed by atoms with E-state index in [0.29, 0.717) is 0 Å². The van der Waals surface area contributed by atoms with Crippen LogP contribution in [0.1, 0.15) is 10.4 Å². The van der Waals surface area contributed by atoms with E-state index in [2.05, 4.69) is 0 Å². The van der Waals surface area contributed by atoms with Crippen molar-refractivity contribution in [3.63, 3.8) is 0 Å². The van der Waals surface area contributed by atoms with Gasteiger partial charge in [0, 0.05) is 0 Å². The van der Waals surface area contributed by atoms with Crippen LogP contribution in [0.3, 0.4) is 0 Å². The van der Waals surface area contributed by atoms with Gasteiger partial charge >= 0.3 is 5.97 Å². The van der Waals surface area contributed by atoms with Crippen molar-refractivity contribution in [1.29, 1.82) is 0 Å². The third kappa shape index (κ3) is 1.18. The fourth-order valence-corrected chi connectivity index (χ4v) is 0.847. The van der Waals surface area contributed by atoms with Gasteiger partial charge in [-0.1, -0.05) is 0 Å². The number of halogens is 2. The highest BCUT2D eigenvalue weighted by Crippen LogP contribution is 2.41. The predicted octanol–water partition coefficient (Wildman–Crippen LogP) is 0.780. The highest BCUT2D eigenvalue weighted by molar-refractivity contribution is 5.92. The van der Waals surface area contributed by atoms with Crippen LogP contribution in [0.4, 0.5) is 8.78 Å². The van der Waals surface area contributed by atoms with E-state index in [4.69, 9.17) is 20.4 Å². The number of carboxylic acid groups (broad SMARTS) is 1. The van der Waals surface area contributed by atoms with Gasteiger partial charge in [0.05, 0.1) is 0 Å². The van der Waals surface area contributed by atoms with Gasteiger partial charge < -0.3 is 20.4 Å². The standard InChI is InChI=1S/C7H4F2O5/c8-2-1(7(13)14)4(10)6(12)5(11)3(2)9/h10-12H,(H,13,14). The van der Waals surface area contributed by atoms with E-state index in [1.54, 1.807) is 0 Å². The predicted molar refractivity (Wildman–Crippen MR) is 38.3 cm³/mol. The minimum atomic E-state index is -1.96. The molecule has 76 valence electrons.